The minimum absolute atomic E-state index is 0.694. The Morgan fingerprint density at radius 3 is 2.83 bits per heavy atom. The zero-order valence-electron chi connectivity index (χ0n) is 6.34. The van der Waals surface area contributed by atoms with Crippen LogP contribution in [0.25, 0.3) is 11.0 Å². The second-order valence-corrected chi connectivity index (χ2v) is 3.88. The average Bonchev–Trinajstić information content (AvgIpc) is 2.48. The molecule has 12 heavy (non-hydrogen) atoms. The minimum atomic E-state index is 0.694. The number of nitrogens with two attached hydrogens (primary N) is 1. The summed E-state index contributed by atoms with van der Waals surface area (Å²) in [7, 11) is 0. The molecule has 0 radical (unpaired) electrons. The van der Waals surface area contributed by atoms with Crippen molar-refractivity contribution in [2.75, 3.05) is 5.73 Å². The van der Waals surface area contributed by atoms with Crippen LogP contribution < -0.4 is 5.73 Å². The van der Waals surface area contributed by atoms with E-state index in [2.05, 4.69) is 24.7 Å². The monoisotopic (exact) mass is 243 g/mol. The number of anilines is 1. The highest BCUT2D eigenvalue weighted by atomic mass is 79.9. The highest BCUT2D eigenvalue weighted by molar-refractivity contribution is 9.10. The third kappa shape index (κ3) is 1.01. The predicted octanol–water partition coefficient (Wildman–Crippen LogP) is 2.34. The molecule has 0 aliphatic heterocycles. The van der Waals surface area contributed by atoms with Crippen molar-refractivity contribution in [3.05, 3.63) is 16.1 Å². The lowest BCUT2D eigenvalue weighted by molar-refractivity contribution is 1.44. The number of hydrogen-bond acceptors (Lipinski definition) is 4. The van der Waals surface area contributed by atoms with E-state index in [-0.39, 0.29) is 0 Å². The van der Waals surface area contributed by atoms with Crippen LogP contribution in [0.1, 0.15) is 5.56 Å². The molecular weight excluding hydrogens is 238 g/mol. The van der Waals surface area contributed by atoms with Gasteiger partial charge in [-0.25, -0.2) is 0 Å². The highest BCUT2D eigenvalue weighted by Gasteiger charge is 2.08. The molecule has 5 heteroatoms. The molecule has 0 saturated heterocycles. The van der Waals surface area contributed by atoms with Gasteiger partial charge < -0.3 is 5.73 Å². The Morgan fingerprint density at radius 2 is 2.08 bits per heavy atom. The fourth-order valence-corrected chi connectivity index (χ4v) is 2.16. The second kappa shape index (κ2) is 2.67. The maximum atomic E-state index is 5.75. The quantitative estimate of drug-likeness (QED) is 0.723. The van der Waals surface area contributed by atoms with E-state index in [1.54, 1.807) is 0 Å². The van der Waals surface area contributed by atoms with Crippen LogP contribution in [-0.2, 0) is 0 Å². The Labute approximate surface area is 82.0 Å². The number of hydrogen-bond donors (Lipinski definition) is 1. The van der Waals surface area contributed by atoms with E-state index in [1.165, 1.54) is 11.7 Å². The fraction of sp³-hybridized carbons (Fsp3) is 0.143. The first-order valence-corrected chi connectivity index (χ1v) is 4.89. The molecule has 0 atom stereocenters. The van der Waals surface area contributed by atoms with Crippen molar-refractivity contribution in [1.82, 2.24) is 8.75 Å². The summed E-state index contributed by atoms with van der Waals surface area (Å²) in [6.45, 7) is 1.99. The van der Waals surface area contributed by atoms with Crippen molar-refractivity contribution < 1.29 is 0 Å². The zero-order valence-corrected chi connectivity index (χ0v) is 8.74. The van der Waals surface area contributed by atoms with Crippen LogP contribution in [0.3, 0.4) is 0 Å². The van der Waals surface area contributed by atoms with E-state index in [1.807, 2.05) is 13.0 Å². The van der Waals surface area contributed by atoms with Crippen LogP contribution in [-0.4, -0.2) is 8.75 Å². The molecule has 0 spiro atoms. The van der Waals surface area contributed by atoms with Crippen molar-refractivity contribution in [2.24, 2.45) is 0 Å². The largest absolute Gasteiger partial charge is 0.397 e. The van der Waals surface area contributed by atoms with Crippen LogP contribution in [0, 0.1) is 6.92 Å². The van der Waals surface area contributed by atoms with Gasteiger partial charge in [0, 0.05) is 4.47 Å². The number of benzene rings is 1. The summed E-state index contributed by atoms with van der Waals surface area (Å²) in [5.41, 5.74) is 9.19. The maximum Gasteiger partial charge on any atom is 0.128 e. The highest BCUT2D eigenvalue weighted by Crippen LogP contribution is 2.29. The van der Waals surface area contributed by atoms with E-state index in [4.69, 9.17) is 5.73 Å². The summed E-state index contributed by atoms with van der Waals surface area (Å²) in [5.74, 6) is 0. The predicted molar refractivity (Wildman–Crippen MR) is 54.3 cm³/mol. The smallest absolute Gasteiger partial charge is 0.128 e. The number of nitrogen functional groups attached to an aromatic ring is 1. The Hall–Kier alpha value is -0.680. The Bertz CT molecular complexity index is 437. The van der Waals surface area contributed by atoms with Gasteiger partial charge >= 0.3 is 0 Å². The molecule has 0 unspecified atom stereocenters. The molecule has 1 aromatic carbocycles. The first-order chi connectivity index (χ1) is 5.70. The topological polar surface area (TPSA) is 51.8 Å². The van der Waals surface area contributed by atoms with Gasteiger partial charge in [0.1, 0.15) is 11.0 Å². The van der Waals surface area contributed by atoms with Crippen molar-refractivity contribution in [1.29, 1.82) is 0 Å². The molecule has 0 amide bonds. The molecule has 0 fully saturated rings. The van der Waals surface area contributed by atoms with Gasteiger partial charge in [-0.3, -0.25) is 0 Å². The van der Waals surface area contributed by atoms with Gasteiger partial charge in [0.2, 0.25) is 0 Å². The van der Waals surface area contributed by atoms with Crippen molar-refractivity contribution in [3.8, 4) is 0 Å². The first kappa shape index (κ1) is 7.94. The maximum absolute atomic E-state index is 5.75. The van der Waals surface area contributed by atoms with Crippen molar-refractivity contribution in [3.63, 3.8) is 0 Å². The Balaban J connectivity index is 2.97. The van der Waals surface area contributed by atoms with Gasteiger partial charge in [-0.05, 0) is 34.5 Å². The number of halogens is 1. The molecule has 0 bridgehead atoms. The summed E-state index contributed by atoms with van der Waals surface area (Å²) in [5, 5.41) is 0. The summed E-state index contributed by atoms with van der Waals surface area (Å²) in [6, 6.07) is 1.90. The molecule has 2 aromatic rings. The van der Waals surface area contributed by atoms with Gasteiger partial charge in [-0.1, -0.05) is 0 Å². The van der Waals surface area contributed by atoms with E-state index in [9.17, 15) is 0 Å². The summed E-state index contributed by atoms with van der Waals surface area (Å²) in [6.07, 6.45) is 0. The van der Waals surface area contributed by atoms with Crippen LogP contribution in [0.4, 0.5) is 5.69 Å². The van der Waals surface area contributed by atoms with Gasteiger partial charge in [-0.2, -0.15) is 8.75 Å². The lowest BCUT2D eigenvalue weighted by Crippen LogP contribution is -1.89. The minimum Gasteiger partial charge on any atom is -0.397 e. The summed E-state index contributed by atoms with van der Waals surface area (Å²) >= 11 is 4.62. The fourth-order valence-electron chi connectivity index (χ4n) is 1.07. The van der Waals surface area contributed by atoms with Gasteiger partial charge in [0.05, 0.1) is 17.4 Å². The Kier molecular flexibility index (Phi) is 1.77. The second-order valence-electron chi connectivity index (χ2n) is 2.56. The molecule has 0 aliphatic carbocycles. The molecule has 62 valence electrons. The van der Waals surface area contributed by atoms with Gasteiger partial charge in [0.25, 0.3) is 0 Å². The third-order valence-electron chi connectivity index (χ3n) is 1.69. The molecule has 2 N–H and O–H groups in total. The average molecular weight is 244 g/mol. The van der Waals surface area contributed by atoms with E-state index in [0.717, 1.165) is 21.1 Å². The number of nitrogens with zero attached hydrogens (tertiary/aromatic N) is 2. The lowest BCUT2D eigenvalue weighted by Gasteiger charge is -1.99. The first-order valence-electron chi connectivity index (χ1n) is 3.37. The van der Waals surface area contributed by atoms with Crippen molar-refractivity contribution >= 4 is 44.4 Å². The Morgan fingerprint density at radius 1 is 1.42 bits per heavy atom. The summed E-state index contributed by atoms with van der Waals surface area (Å²) in [4.78, 5) is 0. The standard InChI is InChI=1S/C7H6BrN3S/c1-3-2-4(9)6-7(5(3)8)11-12-10-6/h2H,9H2,1H3. The molecular formula is C7H6BrN3S. The molecule has 3 nitrogen and oxygen atoms in total. The number of aryl methyl sites for hydroxylation is 1. The number of rotatable bonds is 0. The van der Waals surface area contributed by atoms with Crippen molar-refractivity contribution in [2.45, 2.75) is 6.92 Å². The normalized spacial score (nSPS) is 10.8. The van der Waals surface area contributed by atoms with Crippen LogP contribution in [0.5, 0.6) is 0 Å². The van der Waals surface area contributed by atoms with Crippen LogP contribution in [0.2, 0.25) is 0 Å². The van der Waals surface area contributed by atoms with Crippen LogP contribution in [0.15, 0.2) is 10.5 Å². The van der Waals surface area contributed by atoms with E-state index < -0.39 is 0 Å². The van der Waals surface area contributed by atoms with Gasteiger partial charge in [0.15, 0.2) is 0 Å². The van der Waals surface area contributed by atoms with Gasteiger partial charge in [-0.15, -0.1) is 0 Å². The number of aromatic nitrogens is 2. The molecule has 1 aromatic heterocycles. The molecule has 2 rings (SSSR count). The summed E-state index contributed by atoms with van der Waals surface area (Å²) < 4.78 is 9.23. The zero-order chi connectivity index (χ0) is 8.72. The lowest BCUT2D eigenvalue weighted by atomic mass is 10.2. The third-order valence-corrected chi connectivity index (χ3v) is 3.22. The van der Waals surface area contributed by atoms with Crippen LogP contribution >= 0.6 is 27.7 Å². The molecule has 1 heterocycles. The molecule has 0 saturated carbocycles. The van der Waals surface area contributed by atoms with E-state index >= 15 is 0 Å². The SMILES string of the molecule is Cc1cc(N)c2nsnc2c1Br. The number of fused-ring (bicyclic) bond motifs is 1. The molecule has 0 aliphatic rings. The van der Waals surface area contributed by atoms with E-state index in [0.29, 0.717) is 5.69 Å².